The minimum atomic E-state index is -1.59. The molecule has 0 unspecified atom stereocenters. The van der Waals surface area contributed by atoms with Gasteiger partial charge >= 0.3 is 0 Å². The molecule has 2 heterocycles. The monoisotopic (exact) mass is 336 g/mol. The number of nitrogens with zero attached hydrogens (tertiary/aromatic N) is 4. The summed E-state index contributed by atoms with van der Waals surface area (Å²) in [5.74, 6) is 0.626. The molecule has 1 aliphatic rings. The quantitative estimate of drug-likeness (QED) is 0.574. The number of benzene rings is 1. The molecule has 8 nitrogen and oxygen atoms in total. The molecule has 2 aromatic rings. The van der Waals surface area contributed by atoms with Crippen LogP contribution in [0.25, 0.3) is 0 Å². The van der Waals surface area contributed by atoms with Crippen molar-refractivity contribution in [2.24, 2.45) is 5.10 Å². The van der Waals surface area contributed by atoms with E-state index in [2.05, 4.69) is 15.3 Å². The number of fused-ring (bicyclic) bond motifs is 1. The maximum atomic E-state index is 10.2. The number of aliphatic hydroxyl groups is 4. The highest BCUT2D eigenvalue weighted by molar-refractivity contribution is 7.99. The molecule has 3 rings (SSSR count). The summed E-state index contributed by atoms with van der Waals surface area (Å²) in [4.78, 5) is 0. The standard InChI is InChI=1S/C14H16N4O4S/c19-6-10(20)11(21)12(22)13-15-16-14-18(13)17-9(7-23-14)8-4-2-1-3-5-8/h1-5,10-12,19-22H,6-7H2/t10-,11-,12+/m1/s1. The minimum Gasteiger partial charge on any atom is -0.394 e. The second-order valence-corrected chi connectivity index (χ2v) is 5.98. The summed E-state index contributed by atoms with van der Waals surface area (Å²) in [7, 11) is 0. The summed E-state index contributed by atoms with van der Waals surface area (Å²) in [6.45, 7) is -0.674. The third-order valence-corrected chi connectivity index (χ3v) is 4.40. The Kier molecular flexibility index (Phi) is 4.74. The highest BCUT2D eigenvalue weighted by Gasteiger charge is 2.32. The average Bonchev–Trinajstić information content (AvgIpc) is 3.03. The van der Waals surface area contributed by atoms with Gasteiger partial charge in [0.1, 0.15) is 18.3 Å². The summed E-state index contributed by atoms with van der Waals surface area (Å²) in [5, 5.41) is 51.1. The first-order valence-corrected chi connectivity index (χ1v) is 7.97. The van der Waals surface area contributed by atoms with E-state index in [1.807, 2.05) is 30.3 Å². The van der Waals surface area contributed by atoms with Gasteiger partial charge in [0.05, 0.1) is 12.3 Å². The van der Waals surface area contributed by atoms with E-state index < -0.39 is 24.9 Å². The number of aliphatic hydroxyl groups excluding tert-OH is 4. The lowest BCUT2D eigenvalue weighted by Crippen LogP contribution is -2.36. The maximum absolute atomic E-state index is 10.2. The SMILES string of the molecule is OC[C@@H](O)[C@@H](O)[C@H](O)c1nnc2n1N=C(c1ccccc1)CS2. The van der Waals surface area contributed by atoms with Gasteiger partial charge in [-0.05, 0) is 5.56 Å². The lowest BCUT2D eigenvalue weighted by atomic mass is 10.1. The van der Waals surface area contributed by atoms with Crippen LogP contribution in [0.1, 0.15) is 17.5 Å². The fraction of sp³-hybridized carbons (Fsp3) is 0.357. The topological polar surface area (TPSA) is 124 Å². The summed E-state index contributed by atoms with van der Waals surface area (Å²) in [6.07, 6.45) is -4.58. The van der Waals surface area contributed by atoms with Crippen molar-refractivity contribution >= 4 is 17.5 Å². The van der Waals surface area contributed by atoms with Crippen LogP contribution in [0.15, 0.2) is 40.6 Å². The Morgan fingerprint density at radius 2 is 1.87 bits per heavy atom. The molecule has 1 aromatic heterocycles. The van der Waals surface area contributed by atoms with Crippen LogP contribution in [0.2, 0.25) is 0 Å². The normalized spacial score (nSPS) is 18.0. The molecule has 0 fully saturated rings. The molecule has 0 aliphatic carbocycles. The van der Waals surface area contributed by atoms with Gasteiger partial charge in [-0.3, -0.25) is 0 Å². The second-order valence-electron chi connectivity index (χ2n) is 5.04. The first kappa shape index (κ1) is 16.1. The van der Waals surface area contributed by atoms with Crippen LogP contribution in [0.4, 0.5) is 0 Å². The Hall–Kier alpha value is -1.78. The molecule has 0 radical (unpaired) electrons. The van der Waals surface area contributed by atoms with E-state index in [0.717, 1.165) is 11.3 Å². The van der Waals surface area contributed by atoms with Gasteiger partial charge in [-0.15, -0.1) is 10.2 Å². The largest absolute Gasteiger partial charge is 0.394 e. The Morgan fingerprint density at radius 1 is 1.13 bits per heavy atom. The summed E-state index contributed by atoms with van der Waals surface area (Å²) in [6, 6.07) is 9.57. The third kappa shape index (κ3) is 3.14. The van der Waals surface area contributed by atoms with Gasteiger partial charge < -0.3 is 20.4 Å². The molecule has 0 bridgehead atoms. The number of hydrogen-bond acceptors (Lipinski definition) is 8. The fourth-order valence-electron chi connectivity index (χ4n) is 2.17. The summed E-state index contributed by atoms with van der Waals surface area (Å²) in [5.41, 5.74) is 1.73. The fourth-order valence-corrected chi connectivity index (χ4v) is 3.02. The zero-order chi connectivity index (χ0) is 16.4. The summed E-state index contributed by atoms with van der Waals surface area (Å²) >= 11 is 1.41. The lowest BCUT2D eigenvalue weighted by molar-refractivity contribution is -0.0813. The highest BCUT2D eigenvalue weighted by atomic mass is 32.2. The average molecular weight is 336 g/mol. The second kappa shape index (κ2) is 6.77. The van der Waals surface area contributed by atoms with Crippen molar-refractivity contribution in [1.82, 2.24) is 14.9 Å². The van der Waals surface area contributed by atoms with Crippen molar-refractivity contribution in [2.45, 2.75) is 23.5 Å². The molecule has 122 valence electrons. The van der Waals surface area contributed by atoms with E-state index in [1.165, 1.54) is 16.4 Å². The van der Waals surface area contributed by atoms with E-state index in [1.54, 1.807) is 0 Å². The van der Waals surface area contributed by atoms with Crippen LogP contribution in [-0.2, 0) is 0 Å². The number of thioether (sulfide) groups is 1. The zero-order valence-electron chi connectivity index (χ0n) is 12.0. The molecular weight excluding hydrogens is 320 g/mol. The number of hydrogen-bond donors (Lipinski definition) is 4. The van der Waals surface area contributed by atoms with E-state index in [9.17, 15) is 15.3 Å². The molecule has 1 aliphatic heterocycles. The van der Waals surface area contributed by atoms with E-state index >= 15 is 0 Å². The van der Waals surface area contributed by atoms with Gasteiger partial charge in [-0.25, -0.2) is 0 Å². The minimum absolute atomic E-state index is 0.0145. The van der Waals surface area contributed by atoms with Crippen molar-refractivity contribution in [2.75, 3.05) is 12.4 Å². The molecule has 0 amide bonds. The van der Waals surface area contributed by atoms with Crippen molar-refractivity contribution in [3.63, 3.8) is 0 Å². The molecule has 9 heteroatoms. The zero-order valence-corrected chi connectivity index (χ0v) is 12.8. The molecular formula is C14H16N4O4S. The van der Waals surface area contributed by atoms with E-state index in [4.69, 9.17) is 5.11 Å². The predicted molar refractivity (Wildman–Crippen MR) is 83.2 cm³/mol. The van der Waals surface area contributed by atoms with Gasteiger partial charge in [-0.1, -0.05) is 42.1 Å². The molecule has 3 atom stereocenters. The Morgan fingerprint density at radius 3 is 2.57 bits per heavy atom. The summed E-state index contributed by atoms with van der Waals surface area (Å²) < 4.78 is 1.36. The van der Waals surface area contributed by atoms with Gasteiger partial charge in [0, 0.05) is 5.75 Å². The van der Waals surface area contributed by atoms with E-state index in [-0.39, 0.29) is 5.82 Å². The van der Waals surface area contributed by atoms with Crippen LogP contribution < -0.4 is 0 Å². The van der Waals surface area contributed by atoms with Crippen LogP contribution in [0.5, 0.6) is 0 Å². The smallest absolute Gasteiger partial charge is 0.212 e. The van der Waals surface area contributed by atoms with Crippen molar-refractivity contribution in [1.29, 1.82) is 0 Å². The van der Waals surface area contributed by atoms with Crippen molar-refractivity contribution in [3.8, 4) is 0 Å². The van der Waals surface area contributed by atoms with Crippen LogP contribution in [0.3, 0.4) is 0 Å². The highest BCUT2D eigenvalue weighted by Crippen LogP contribution is 2.27. The Balaban J connectivity index is 1.94. The molecule has 1 aromatic carbocycles. The van der Waals surface area contributed by atoms with E-state index in [0.29, 0.717) is 10.9 Å². The van der Waals surface area contributed by atoms with Gasteiger partial charge in [0.15, 0.2) is 5.82 Å². The van der Waals surface area contributed by atoms with Gasteiger partial charge in [-0.2, -0.15) is 9.78 Å². The predicted octanol–water partition coefficient (Wildman–Crippen LogP) is -0.616. The first-order chi connectivity index (χ1) is 11.1. The van der Waals surface area contributed by atoms with Crippen LogP contribution in [-0.4, -0.2) is 65.6 Å². The van der Waals surface area contributed by atoms with Crippen LogP contribution >= 0.6 is 11.8 Å². The first-order valence-electron chi connectivity index (χ1n) is 6.98. The van der Waals surface area contributed by atoms with Crippen molar-refractivity contribution in [3.05, 3.63) is 41.7 Å². The molecule has 4 N–H and O–H groups in total. The molecule has 0 saturated heterocycles. The van der Waals surface area contributed by atoms with Gasteiger partial charge in [0.2, 0.25) is 5.16 Å². The Bertz CT molecular complexity index is 706. The number of aromatic nitrogens is 3. The lowest BCUT2D eigenvalue weighted by Gasteiger charge is -2.21. The van der Waals surface area contributed by atoms with Crippen LogP contribution in [0, 0.1) is 0 Å². The van der Waals surface area contributed by atoms with Gasteiger partial charge in [0.25, 0.3) is 0 Å². The molecule has 0 spiro atoms. The molecule has 0 saturated carbocycles. The maximum Gasteiger partial charge on any atom is 0.212 e. The third-order valence-electron chi connectivity index (χ3n) is 3.47. The molecule has 23 heavy (non-hydrogen) atoms. The van der Waals surface area contributed by atoms with Crippen molar-refractivity contribution < 1.29 is 20.4 Å². The Labute approximate surface area is 136 Å². The number of rotatable bonds is 5.